The number of rotatable bonds is 6. The summed E-state index contributed by atoms with van der Waals surface area (Å²) in [6.45, 7) is 4.01. The van der Waals surface area contributed by atoms with Crippen molar-refractivity contribution in [2.45, 2.75) is 26.4 Å². The van der Waals surface area contributed by atoms with Crippen LogP contribution in [0.15, 0.2) is 52.4 Å². The molecule has 0 aromatic heterocycles. The number of carbonyl (C=O) groups is 1. The van der Waals surface area contributed by atoms with Gasteiger partial charge in [-0.05, 0) is 61.0 Å². The number of thioether (sulfide) groups is 1. The third-order valence-corrected chi connectivity index (χ3v) is 5.77. The summed E-state index contributed by atoms with van der Waals surface area (Å²) in [5.74, 6) is 0.936. The van der Waals surface area contributed by atoms with Crippen LogP contribution >= 0.6 is 23.4 Å². The molecule has 1 aliphatic rings. The third-order valence-electron chi connectivity index (χ3n) is 4.43. The Morgan fingerprint density at radius 2 is 2.00 bits per heavy atom. The van der Waals surface area contributed by atoms with Crippen LogP contribution in [0.3, 0.4) is 0 Å². The van der Waals surface area contributed by atoms with Crippen molar-refractivity contribution in [1.29, 1.82) is 0 Å². The summed E-state index contributed by atoms with van der Waals surface area (Å²) in [5, 5.41) is 1.07. The summed E-state index contributed by atoms with van der Waals surface area (Å²) in [7, 11) is 3.29. The van der Waals surface area contributed by atoms with E-state index in [-0.39, 0.29) is 12.0 Å². The average molecular weight is 431 g/mol. The van der Waals surface area contributed by atoms with Crippen LogP contribution in [0.5, 0.6) is 11.5 Å². The Kier molecular flexibility index (Phi) is 6.87. The minimum Gasteiger partial charge on any atom is -0.493 e. The van der Waals surface area contributed by atoms with E-state index in [1.807, 2.05) is 50.2 Å². The zero-order chi connectivity index (χ0) is 21.0. The van der Waals surface area contributed by atoms with E-state index in [0.717, 1.165) is 17.7 Å². The number of hydrogen-bond acceptors (Lipinski definition) is 5. The maximum Gasteiger partial charge on any atom is 0.266 e. The predicted molar refractivity (Wildman–Crippen MR) is 120 cm³/mol. The standard InChI is InChI=1S/C22H23ClN2O3S/c1-5-14(2)28-20-17(23)11-15(12-18(20)27-4)13-19-21(26)25(3)22(29-19)24-16-9-7-6-8-10-16/h6-14H,5H2,1-4H3/b19-13-,24-22?/t14-/m0/s1. The van der Waals surface area contributed by atoms with E-state index in [9.17, 15) is 4.79 Å². The van der Waals surface area contributed by atoms with Gasteiger partial charge in [0.1, 0.15) is 0 Å². The van der Waals surface area contributed by atoms with E-state index in [2.05, 4.69) is 4.99 Å². The van der Waals surface area contributed by atoms with Gasteiger partial charge in [-0.25, -0.2) is 4.99 Å². The third kappa shape index (κ3) is 4.95. The van der Waals surface area contributed by atoms with Crippen molar-refractivity contribution in [3.05, 3.63) is 58.0 Å². The largest absolute Gasteiger partial charge is 0.493 e. The minimum atomic E-state index is -0.111. The fourth-order valence-corrected chi connectivity index (χ4v) is 3.89. The molecule has 0 aliphatic carbocycles. The summed E-state index contributed by atoms with van der Waals surface area (Å²) >= 11 is 7.77. The Bertz CT molecular complexity index is 960. The van der Waals surface area contributed by atoms with Crippen molar-refractivity contribution >= 4 is 46.2 Å². The molecule has 2 aromatic rings. The molecule has 5 nitrogen and oxygen atoms in total. The molecule has 3 rings (SSSR count). The van der Waals surface area contributed by atoms with Gasteiger partial charge >= 0.3 is 0 Å². The Morgan fingerprint density at radius 1 is 1.28 bits per heavy atom. The number of carbonyl (C=O) groups excluding carboxylic acids is 1. The quantitative estimate of drug-likeness (QED) is 0.546. The molecule has 0 saturated carbocycles. The van der Waals surface area contributed by atoms with Gasteiger partial charge in [-0.15, -0.1) is 0 Å². The van der Waals surface area contributed by atoms with Crippen molar-refractivity contribution in [2.24, 2.45) is 4.99 Å². The average Bonchev–Trinajstić information content (AvgIpc) is 2.98. The highest BCUT2D eigenvalue weighted by Gasteiger charge is 2.30. The maximum absolute atomic E-state index is 12.7. The van der Waals surface area contributed by atoms with Crippen molar-refractivity contribution in [3.63, 3.8) is 0 Å². The summed E-state index contributed by atoms with van der Waals surface area (Å²) < 4.78 is 11.3. The lowest BCUT2D eigenvalue weighted by Crippen LogP contribution is -2.23. The van der Waals surface area contributed by atoms with Crippen molar-refractivity contribution in [2.75, 3.05) is 14.2 Å². The molecule has 1 fully saturated rings. The fourth-order valence-electron chi connectivity index (χ4n) is 2.64. The lowest BCUT2D eigenvalue weighted by atomic mass is 10.1. The molecule has 0 spiro atoms. The molecule has 1 atom stereocenters. The number of nitrogens with zero attached hydrogens (tertiary/aromatic N) is 2. The van der Waals surface area contributed by atoms with E-state index in [4.69, 9.17) is 21.1 Å². The molecule has 7 heteroatoms. The van der Waals surface area contributed by atoms with Gasteiger partial charge in [-0.3, -0.25) is 9.69 Å². The summed E-state index contributed by atoms with van der Waals surface area (Å²) in [6, 6.07) is 13.1. The van der Waals surface area contributed by atoms with Crippen molar-refractivity contribution in [3.8, 4) is 11.5 Å². The van der Waals surface area contributed by atoms with E-state index in [1.54, 1.807) is 31.2 Å². The van der Waals surface area contributed by atoms with Crippen LogP contribution in [0.25, 0.3) is 6.08 Å². The Hall–Kier alpha value is -2.44. The first-order valence-corrected chi connectivity index (χ1v) is 10.5. The predicted octanol–water partition coefficient (Wildman–Crippen LogP) is 5.76. The molecular formula is C22H23ClN2O3S. The molecule has 0 unspecified atom stereocenters. The van der Waals surface area contributed by atoms with Crippen LogP contribution in [-0.4, -0.2) is 36.2 Å². The molecule has 1 heterocycles. The number of methoxy groups -OCH3 is 1. The van der Waals surface area contributed by atoms with E-state index in [1.165, 1.54) is 11.8 Å². The zero-order valence-corrected chi connectivity index (χ0v) is 18.4. The number of amides is 1. The second-order valence-corrected chi connectivity index (χ2v) is 7.99. The van der Waals surface area contributed by atoms with Crippen LogP contribution in [0.4, 0.5) is 5.69 Å². The SMILES string of the molecule is CC[C@H](C)Oc1c(Cl)cc(/C=C2\SC(=Nc3ccccc3)N(C)C2=O)cc1OC. The molecule has 0 bridgehead atoms. The fraction of sp³-hybridized carbons (Fsp3) is 0.273. The van der Waals surface area contributed by atoms with Gasteiger partial charge in [0.25, 0.3) is 5.91 Å². The van der Waals surface area contributed by atoms with Gasteiger partial charge in [0.05, 0.1) is 28.8 Å². The molecule has 29 heavy (non-hydrogen) atoms. The van der Waals surface area contributed by atoms with Crippen LogP contribution in [-0.2, 0) is 4.79 Å². The van der Waals surface area contributed by atoms with Crippen molar-refractivity contribution in [1.82, 2.24) is 4.90 Å². The highest BCUT2D eigenvalue weighted by molar-refractivity contribution is 8.18. The Labute approximate surface area is 180 Å². The second kappa shape index (κ2) is 9.37. The summed E-state index contributed by atoms with van der Waals surface area (Å²) in [4.78, 5) is 19.3. The Balaban J connectivity index is 1.90. The Morgan fingerprint density at radius 3 is 2.66 bits per heavy atom. The number of benzene rings is 2. The van der Waals surface area contributed by atoms with Gasteiger partial charge < -0.3 is 9.47 Å². The summed E-state index contributed by atoms with van der Waals surface area (Å²) in [5.41, 5.74) is 1.56. The number of ether oxygens (including phenoxy) is 2. The molecule has 152 valence electrons. The molecule has 1 saturated heterocycles. The van der Waals surface area contributed by atoms with Gasteiger partial charge in [0.15, 0.2) is 16.7 Å². The normalized spacial score (nSPS) is 17.8. The van der Waals surface area contributed by atoms with Crippen LogP contribution in [0.1, 0.15) is 25.8 Å². The number of halogens is 1. The lowest BCUT2D eigenvalue weighted by Gasteiger charge is -2.17. The van der Waals surface area contributed by atoms with E-state index in [0.29, 0.717) is 26.6 Å². The van der Waals surface area contributed by atoms with Crippen molar-refractivity contribution < 1.29 is 14.3 Å². The number of amidine groups is 1. The molecule has 0 N–H and O–H groups in total. The van der Waals surface area contributed by atoms with Gasteiger partial charge in [-0.2, -0.15) is 0 Å². The highest BCUT2D eigenvalue weighted by Crippen LogP contribution is 2.39. The molecule has 1 amide bonds. The van der Waals surface area contributed by atoms with Gasteiger partial charge in [0, 0.05) is 7.05 Å². The molecular weight excluding hydrogens is 408 g/mol. The number of para-hydroxylation sites is 1. The monoisotopic (exact) mass is 430 g/mol. The van der Waals surface area contributed by atoms with Gasteiger partial charge in [0.2, 0.25) is 0 Å². The first-order chi connectivity index (χ1) is 13.9. The number of aliphatic imine (C=N–C) groups is 1. The van der Waals surface area contributed by atoms with Crippen LogP contribution < -0.4 is 9.47 Å². The molecule has 0 radical (unpaired) electrons. The lowest BCUT2D eigenvalue weighted by molar-refractivity contribution is -0.121. The maximum atomic E-state index is 12.7. The first kappa shape index (κ1) is 21.3. The van der Waals surface area contributed by atoms with E-state index < -0.39 is 0 Å². The van der Waals surface area contributed by atoms with Gasteiger partial charge in [-0.1, -0.05) is 36.7 Å². The topological polar surface area (TPSA) is 51.1 Å². The first-order valence-electron chi connectivity index (χ1n) is 9.28. The molecule has 2 aromatic carbocycles. The number of hydrogen-bond donors (Lipinski definition) is 0. The van der Waals surface area contributed by atoms with Crippen LogP contribution in [0, 0.1) is 0 Å². The second-order valence-electron chi connectivity index (χ2n) is 6.58. The van der Waals surface area contributed by atoms with E-state index >= 15 is 0 Å². The zero-order valence-electron chi connectivity index (χ0n) is 16.8. The van der Waals surface area contributed by atoms with Crippen LogP contribution in [0.2, 0.25) is 5.02 Å². The smallest absolute Gasteiger partial charge is 0.266 e. The minimum absolute atomic E-state index is 0.0166. The summed E-state index contributed by atoms with van der Waals surface area (Å²) in [6.07, 6.45) is 2.66. The highest BCUT2D eigenvalue weighted by atomic mass is 35.5. The molecule has 1 aliphatic heterocycles. The number of likely N-dealkylation sites (N-methyl/N-ethyl adjacent to an activating group) is 1.